The Morgan fingerprint density at radius 3 is 2.70 bits per heavy atom. The third-order valence-electron chi connectivity index (χ3n) is 4.13. The van der Waals surface area contributed by atoms with Crippen molar-refractivity contribution in [3.8, 4) is 0 Å². The molecule has 1 aliphatic heterocycles. The van der Waals surface area contributed by atoms with E-state index in [0.29, 0.717) is 26.1 Å². The Kier molecular flexibility index (Phi) is 5.23. The SMILES string of the molecule is CC1C(C(=O)O)CCN1C(=O)NCCCOCC1CC1. The maximum Gasteiger partial charge on any atom is 0.317 e. The zero-order valence-corrected chi connectivity index (χ0v) is 12.0. The van der Waals surface area contributed by atoms with Crippen LogP contribution in [0.25, 0.3) is 0 Å². The number of carbonyl (C=O) groups excluding carboxylic acids is 1. The van der Waals surface area contributed by atoms with Crippen LogP contribution in [0.2, 0.25) is 0 Å². The van der Waals surface area contributed by atoms with Gasteiger partial charge in [0.1, 0.15) is 0 Å². The van der Waals surface area contributed by atoms with Gasteiger partial charge in [0, 0.05) is 32.3 Å². The maximum atomic E-state index is 12.0. The topological polar surface area (TPSA) is 78.9 Å². The standard InChI is InChI=1S/C14H24N2O4/c1-10-12(13(17)18)5-7-16(10)14(19)15-6-2-8-20-9-11-3-4-11/h10-12H,2-9H2,1H3,(H,15,19)(H,17,18). The van der Waals surface area contributed by atoms with Crippen LogP contribution in [0, 0.1) is 11.8 Å². The lowest BCUT2D eigenvalue weighted by Gasteiger charge is -2.23. The van der Waals surface area contributed by atoms with Crippen molar-refractivity contribution >= 4 is 12.0 Å². The van der Waals surface area contributed by atoms with E-state index < -0.39 is 11.9 Å². The summed E-state index contributed by atoms with van der Waals surface area (Å²) in [5, 5.41) is 11.9. The first-order valence-electron chi connectivity index (χ1n) is 7.44. The van der Waals surface area contributed by atoms with Crippen LogP contribution in [0.5, 0.6) is 0 Å². The summed E-state index contributed by atoms with van der Waals surface area (Å²) >= 11 is 0. The molecule has 0 radical (unpaired) electrons. The molecule has 6 heteroatoms. The molecule has 2 fully saturated rings. The van der Waals surface area contributed by atoms with Crippen LogP contribution in [0.1, 0.15) is 32.6 Å². The number of hydrogen-bond acceptors (Lipinski definition) is 3. The summed E-state index contributed by atoms with van der Waals surface area (Å²) in [6, 6.07) is -0.401. The lowest BCUT2D eigenvalue weighted by Crippen LogP contribution is -2.44. The Morgan fingerprint density at radius 2 is 2.10 bits per heavy atom. The second-order valence-corrected chi connectivity index (χ2v) is 5.77. The summed E-state index contributed by atoms with van der Waals surface area (Å²) in [6.07, 6.45) is 3.90. The molecule has 2 unspecified atom stereocenters. The molecule has 1 saturated carbocycles. The molecule has 2 atom stereocenters. The van der Waals surface area contributed by atoms with Crippen molar-refractivity contribution in [3.63, 3.8) is 0 Å². The Labute approximate surface area is 119 Å². The molecule has 2 rings (SSSR count). The fourth-order valence-electron chi connectivity index (χ4n) is 2.56. The fraction of sp³-hybridized carbons (Fsp3) is 0.857. The predicted octanol–water partition coefficient (Wildman–Crippen LogP) is 1.31. The number of likely N-dealkylation sites (tertiary alicyclic amines) is 1. The number of nitrogens with zero attached hydrogens (tertiary/aromatic N) is 1. The van der Waals surface area contributed by atoms with E-state index in [-0.39, 0.29) is 12.1 Å². The van der Waals surface area contributed by atoms with Crippen molar-refractivity contribution < 1.29 is 19.4 Å². The number of carbonyl (C=O) groups is 2. The minimum atomic E-state index is -0.818. The lowest BCUT2D eigenvalue weighted by atomic mass is 10.0. The van der Waals surface area contributed by atoms with Gasteiger partial charge < -0.3 is 20.1 Å². The largest absolute Gasteiger partial charge is 0.481 e. The Balaban J connectivity index is 1.58. The Morgan fingerprint density at radius 1 is 1.35 bits per heavy atom. The molecule has 6 nitrogen and oxygen atoms in total. The average molecular weight is 284 g/mol. The van der Waals surface area contributed by atoms with Gasteiger partial charge in [0.15, 0.2) is 0 Å². The van der Waals surface area contributed by atoms with E-state index in [1.54, 1.807) is 11.8 Å². The molecule has 2 amide bonds. The summed E-state index contributed by atoms with van der Waals surface area (Å²) in [7, 11) is 0. The molecule has 2 aliphatic rings. The van der Waals surface area contributed by atoms with Crippen molar-refractivity contribution in [2.75, 3.05) is 26.3 Å². The van der Waals surface area contributed by atoms with Gasteiger partial charge in [-0.2, -0.15) is 0 Å². The Hall–Kier alpha value is -1.30. The highest BCUT2D eigenvalue weighted by atomic mass is 16.5. The number of amides is 2. The second-order valence-electron chi connectivity index (χ2n) is 5.77. The minimum absolute atomic E-state index is 0.163. The molecule has 1 aliphatic carbocycles. The van der Waals surface area contributed by atoms with Crippen LogP contribution >= 0.6 is 0 Å². The van der Waals surface area contributed by atoms with Gasteiger partial charge in [-0.15, -0.1) is 0 Å². The number of ether oxygens (including phenoxy) is 1. The molecule has 114 valence electrons. The van der Waals surface area contributed by atoms with Crippen molar-refractivity contribution in [1.82, 2.24) is 10.2 Å². The Bertz CT molecular complexity index is 357. The van der Waals surface area contributed by atoms with Gasteiger partial charge in [0.05, 0.1) is 5.92 Å². The number of nitrogens with one attached hydrogen (secondary N) is 1. The number of rotatable bonds is 7. The molecule has 0 spiro atoms. The molecule has 0 bridgehead atoms. The average Bonchev–Trinajstić information content (AvgIpc) is 3.14. The maximum absolute atomic E-state index is 12.0. The summed E-state index contributed by atoms with van der Waals surface area (Å²) in [6.45, 7) is 4.40. The highest BCUT2D eigenvalue weighted by molar-refractivity contribution is 5.78. The number of carboxylic acid groups (broad SMARTS) is 1. The number of carboxylic acids is 1. The zero-order chi connectivity index (χ0) is 14.5. The smallest absolute Gasteiger partial charge is 0.317 e. The summed E-state index contributed by atoms with van der Waals surface area (Å²) < 4.78 is 5.49. The molecule has 0 aromatic heterocycles. The van der Waals surface area contributed by atoms with Crippen LogP contribution in [0.3, 0.4) is 0 Å². The number of aliphatic carboxylic acids is 1. The molecule has 0 aromatic rings. The first-order chi connectivity index (χ1) is 9.59. The van der Waals surface area contributed by atoms with Crippen LogP contribution in [-0.2, 0) is 9.53 Å². The predicted molar refractivity (Wildman–Crippen MR) is 73.5 cm³/mol. The van der Waals surface area contributed by atoms with E-state index in [2.05, 4.69) is 5.32 Å². The summed E-state index contributed by atoms with van der Waals surface area (Å²) in [5.74, 6) is -0.494. The van der Waals surface area contributed by atoms with Gasteiger partial charge in [-0.05, 0) is 38.5 Å². The molecule has 2 N–H and O–H groups in total. The van der Waals surface area contributed by atoms with Crippen LogP contribution in [-0.4, -0.2) is 54.4 Å². The van der Waals surface area contributed by atoms with E-state index in [4.69, 9.17) is 9.84 Å². The molecule has 1 heterocycles. The fourth-order valence-corrected chi connectivity index (χ4v) is 2.56. The lowest BCUT2D eigenvalue weighted by molar-refractivity contribution is -0.142. The highest BCUT2D eigenvalue weighted by Gasteiger charge is 2.37. The van der Waals surface area contributed by atoms with E-state index in [1.807, 2.05) is 0 Å². The second kappa shape index (κ2) is 6.92. The van der Waals surface area contributed by atoms with Crippen LogP contribution < -0.4 is 5.32 Å². The third-order valence-corrected chi connectivity index (χ3v) is 4.13. The normalized spacial score (nSPS) is 25.8. The van der Waals surface area contributed by atoms with Gasteiger partial charge in [0.25, 0.3) is 0 Å². The van der Waals surface area contributed by atoms with Crippen molar-refractivity contribution in [2.45, 2.75) is 38.6 Å². The first kappa shape index (κ1) is 15.1. The van der Waals surface area contributed by atoms with Gasteiger partial charge in [0.2, 0.25) is 0 Å². The van der Waals surface area contributed by atoms with Crippen molar-refractivity contribution in [1.29, 1.82) is 0 Å². The number of urea groups is 1. The van der Waals surface area contributed by atoms with Crippen LogP contribution in [0.15, 0.2) is 0 Å². The van der Waals surface area contributed by atoms with E-state index >= 15 is 0 Å². The van der Waals surface area contributed by atoms with Gasteiger partial charge in [-0.3, -0.25) is 4.79 Å². The van der Waals surface area contributed by atoms with E-state index in [1.165, 1.54) is 12.8 Å². The molecule has 0 aromatic carbocycles. The molecule has 20 heavy (non-hydrogen) atoms. The first-order valence-corrected chi connectivity index (χ1v) is 7.44. The van der Waals surface area contributed by atoms with E-state index in [9.17, 15) is 9.59 Å². The quantitative estimate of drug-likeness (QED) is 0.691. The minimum Gasteiger partial charge on any atom is -0.481 e. The van der Waals surface area contributed by atoms with Gasteiger partial charge >= 0.3 is 12.0 Å². The monoisotopic (exact) mass is 284 g/mol. The van der Waals surface area contributed by atoms with Crippen LogP contribution in [0.4, 0.5) is 4.79 Å². The van der Waals surface area contributed by atoms with Gasteiger partial charge in [-0.25, -0.2) is 4.79 Å². The molecular formula is C14H24N2O4. The van der Waals surface area contributed by atoms with Crippen molar-refractivity contribution in [3.05, 3.63) is 0 Å². The van der Waals surface area contributed by atoms with Crippen molar-refractivity contribution in [2.24, 2.45) is 11.8 Å². The van der Waals surface area contributed by atoms with Gasteiger partial charge in [-0.1, -0.05) is 0 Å². The summed E-state index contributed by atoms with van der Waals surface area (Å²) in [4.78, 5) is 24.6. The van der Waals surface area contributed by atoms with E-state index in [0.717, 1.165) is 18.9 Å². The highest BCUT2D eigenvalue weighted by Crippen LogP contribution is 2.28. The molecule has 1 saturated heterocycles. The molecular weight excluding hydrogens is 260 g/mol. The zero-order valence-electron chi connectivity index (χ0n) is 12.0. The summed E-state index contributed by atoms with van der Waals surface area (Å²) in [5.41, 5.74) is 0. The number of hydrogen-bond donors (Lipinski definition) is 2. The third kappa shape index (κ3) is 4.10.